The number of aromatic nitrogens is 5. The van der Waals surface area contributed by atoms with Crippen LogP contribution < -0.4 is 4.90 Å². The predicted octanol–water partition coefficient (Wildman–Crippen LogP) is 3.76. The molecule has 0 saturated carbocycles. The fourth-order valence-electron chi connectivity index (χ4n) is 4.05. The number of nitrogens with zero attached hydrogens (tertiary/aromatic N) is 6. The number of pyridine rings is 1. The van der Waals surface area contributed by atoms with E-state index in [1.165, 1.54) is 11.4 Å². The molecule has 0 amide bonds. The van der Waals surface area contributed by atoms with E-state index < -0.39 is 0 Å². The summed E-state index contributed by atoms with van der Waals surface area (Å²) in [5.74, 6) is 3.51. The van der Waals surface area contributed by atoms with Crippen LogP contribution >= 0.6 is 0 Å². The van der Waals surface area contributed by atoms with Crippen molar-refractivity contribution in [2.75, 3.05) is 18.0 Å². The van der Waals surface area contributed by atoms with Gasteiger partial charge in [-0.15, -0.1) is 0 Å². The first-order chi connectivity index (χ1) is 13.7. The topological polar surface area (TPSA) is 59.7 Å². The molecule has 0 aliphatic carbocycles. The Morgan fingerprint density at radius 1 is 1.14 bits per heavy atom. The number of hydrogen-bond acceptors (Lipinski definition) is 5. The lowest BCUT2D eigenvalue weighted by molar-refractivity contribution is 0.473. The first kappa shape index (κ1) is 18.6. The van der Waals surface area contributed by atoms with Crippen LogP contribution in [0.5, 0.6) is 0 Å². The van der Waals surface area contributed by atoms with E-state index in [9.17, 15) is 0 Å². The third-order valence-corrected chi connectivity index (χ3v) is 5.34. The van der Waals surface area contributed by atoms with Crippen molar-refractivity contribution in [3.8, 4) is 0 Å². The number of imidazole rings is 1. The van der Waals surface area contributed by atoms with Gasteiger partial charge in [0.1, 0.15) is 17.5 Å². The molecule has 1 saturated heterocycles. The van der Waals surface area contributed by atoms with Crippen LogP contribution in [0.2, 0.25) is 0 Å². The van der Waals surface area contributed by atoms with E-state index in [0.29, 0.717) is 5.92 Å². The van der Waals surface area contributed by atoms with Gasteiger partial charge in [-0.3, -0.25) is 4.98 Å². The fraction of sp³-hybridized carbons (Fsp3) is 0.455. The summed E-state index contributed by atoms with van der Waals surface area (Å²) in [4.78, 5) is 20.6. The summed E-state index contributed by atoms with van der Waals surface area (Å²) in [6, 6.07) is 6.30. The highest BCUT2D eigenvalue weighted by molar-refractivity contribution is 5.41. The van der Waals surface area contributed by atoms with Gasteiger partial charge in [0.15, 0.2) is 0 Å². The van der Waals surface area contributed by atoms with E-state index >= 15 is 0 Å². The van der Waals surface area contributed by atoms with Gasteiger partial charge in [0.25, 0.3) is 0 Å². The number of hydrogen-bond donors (Lipinski definition) is 0. The predicted molar refractivity (Wildman–Crippen MR) is 111 cm³/mol. The van der Waals surface area contributed by atoms with Crippen molar-refractivity contribution in [1.82, 2.24) is 24.5 Å². The second-order valence-corrected chi connectivity index (χ2v) is 7.57. The molecule has 1 atom stereocenters. The molecule has 1 aliphatic heterocycles. The molecule has 6 heteroatoms. The Morgan fingerprint density at radius 3 is 2.82 bits per heavy atom. The van der Waals surface area contributed by atoms with Gasteiger partial charge in [0, 0.05) is 62.1 Å². The minimum Gasteiger partial charge on any atom is -0.356 e. The molecule has 0 N–H and O–H groups in total. The van der Waals surface area contributed by atoms with E-state index in [1.807, 2.05) is 25.5 Å². The van der Waals surface area contributed by atoms with Gasteiger partial charge in [-0.2, -0.15) is 0 Å². The maximum Gasteiger partial charge on any atom is 0.132 e. The second-order valence-electron chi connectivity index (χ2n) is 7.57. The lowest BCUT2D eigenvalue weighted by Gasteiger charge is -2.33. The van der Waals surface area contributed by atoms with Gasteiger partial charge in [-0.25, -0.2) is 15.0 Å². The van der Waals surface area contributed by atoms with Gasteiger partial charge in [0.05, 0.1) is 0 Å². The Balaban J connectivity index is 1.53. The standard InChI is InChI=1S/C22H28N6/c1-3-5-20-14-21(26-17(2)25-20)27-12-4-6-19(16-27)22-24-11-13-28(22)15-18-7-9-23-10-8-18/h7-11,13-14,19H,3-6,12,15-16H2,1-2H3/t19-/m0/s1. The Kier molecular flexibility index (Phi) is 5.65. The molecule has 4 rings (SSSR count). The molecule has 0 spiro atoms. The molecule has 0 radical (unpaired) electrons. The Labute approximate surface area is 166 Å². The highest BCUT2D eigenvalue weighted by Crippen LogP contribution is 2.29. The van der Waals surface area contributed by atoms with Gasteiger partial charge < -0.3 is 9.47 Å². The minimum atomic E-state index is 0.412. The third-order valence-electron chi connectivity index (χ3n) is 5.34. The van der Waals surface area contributed by atoms with Crippen LogP contribution in [-0.4, -0.2) is 37.6 Å². The van der Waals surface area contributed by atoms with Crippen molar-refractivity contribution in [3.63, 3.8) is 0 Å². The van der Waals surface area contributed by atoms with Crippen LogP contribution in [0.15, 0.2) is 43.0 Å². The Morgan fingerprint density at radius 2 is 2.00 bits per heavy atom. The first-order valence-corrected chi connectivity index (χ1v) is 10.2. The van der Waals surface area contributed by atoms with Gasteiger partial charge in [0.2, 0.25) is 0 Å². The average molecular weight is 377 g/mol. The summed E-state index contributed by atoms with van der Waals surface area (Å²) in [6.45, 7) is 7.02. The first-order valence-electron chi connectivity index (χ1n) is 10.2. The van der Waals surface area contributed by atoms with Gasteiger partial charge >= 0.3 is 0 Å². The van der Waals surface area contributed by atoms with Crippen LogP contribution in [0.1, 0.15) is 55.0 Å². The summed E-state index contributed by atoms with van der Waals surface area (Å²) in [5, 5.41) is 0. The zero-order valence-electron chi connectivity index (χ0n) is 16.8. The molecule has 3 aromatic heterocycles. The Bertz CT molecular complexity index is 904. The molecule has 28 heavy (non-hydrogen) atoms. The normalized spacial score (nSPS) is 17.1. The summed E-state index contributed by atoms with van der Waals surface area (Å²) < 4.78 is 2.28. The van der Waals surface area contributed by atoms with Crippen molar-refractivity contribution in [1.29, 1.82) is 0 Å². The summed E-state index contributed by atoms with van der Waals surface area (Å²) in [5.41, 5.74) is 2.39. The van der Waals surface area contributed by atoms with E-state index in [-0.39, 0.29) is 0 Å². The summed E-state index contributed by atoms with van der Waals surface area (Å²) in [6.07, 6.45) is 12.1. The highest BCUT2D eigenvalue weighted by atomic mass is 15.2. The second kappa shape index (κ2) is 8.50. The maximum absolute atomic E-state index is 4.73. The van der Waals surface area contributed by atoms with Crippen molar-refractivity contribution < 1.29 is 0 Å². The monoisotopic (exact) mass is 376 g/mol. The number of anilines is 1. The third kappa shape index (κ3) is 4.21. The molecule has 0 aromatic carbocycles. The zero-order chi connectivity index (χ0) is 19.3. The summed E-state index contributed by atoms with van der Waals surface area (Å²) in [7, 11) is 0. The lowest BCUT2D eigenvalue weighted by atomic mass is 9.97. The lowest BCUT2D eigenvalue weighted by Crippen LogP contribution is -2.36. The van der Waals surface area contributed by atoms with Gasteiger partial charge in [-0.1, -0.05) is 13.3 Å². The molecule has 4 heterocycles. The SMILES string of the molecule is CCCc1cc(N2CCC[C@H](c3nccn3Cc3ccncc3)C2)nc(C)n1. The molecule has 1 fully saturated rings. The van der Waals surface area contributed by atoms with Crippen LogP contribution in [0, 0.1) is 6.92 Å². The van der Waals surface area contributed by atoms with E-state index in [1.54, 1.807) is 0 Å². The van der Waals surface area contributed by atoms with Crippen LogP contribution in [0.3, 0.4) is 0 Å². The van der Waals surface area contributed by atoms with Crippen LogP contribution in [0.25, 0.3) is 0 Å². The van der Waals surface area contributed by atoms with Crippen LogP contribution in [0.4, 0.5) is 5.82 Å². The molecule has 3 aromatic rings. The minimum absolute atomic E-state index is 0.412. The summed E-state index contributed by atoms with van der Waals surface area (Å²) >= 11 is 0. The van der Waals surface area contributed by atoms with Crippen molar-refractivity contribution in [2.45, 2.75) is 52.0 Å². The molecular formula is C22H28N6. The smallest absolute Gasteiger partial charge is 0.132 e. The quantitative estimate of drug-likeness (QED) is 0.655. The molecule has 146 valence electrons. The number of rotatable bonds is 6. The number of aryl methyl sites for hydroxylation is 2. The average Bonchev–Trinajstić information content (AvgIpc) is 3.17. The molecule has 0 unspecified atom stereocenters. The van der Waals surface area contributed by atoms with Gasteiger partial charge in [-0.05, 0) is 43.9 Å². The van der Waals surface area contributed by atoms with E-state index in [0.717, 1.165) is 62.7 Å². The molecule has 0 bridgehead atoms. The molecule has 1 aliphatic rings. The molecule has 6 nitrogen and oxygen atoms in total. The fourth-order valence-corrected chi connectivity index (χ4v) is 4.05. The number of piperidine rings is 1. The molecular weight excluding hydrogens is 348 g/mol. The van der Waals surface area contributed by atoms with E-state index in [2.05, 4.69) is 50.8 Å². The van der Waals surface area contributed by atoms with E-state index in [4.69, 9.17) is 9.97 Å². The highest BCUT2D eigenvalue weighted by Gasteiger charge is 2.26. The largest absolute Gasteiger partial charge is 0.356 e. The maximum atomic E-state index is 4.73. The van der Waals surface area contributed by atoms with Crippen LogP contribution in [-0.2, 0) is 13.0 Å². The Hall–Kier alpha value is -2.76. The van der Waals surface area contributed by atoms with Crippen molar-refractivity contribution in [2.24, 2.45) is 0 Å². The van der Waals surface area contributed by atoms with Crippen molar-refractivity contribution >= 4 is 5.82 Å². The van der Waals surface area contributed by atoms with Crippen molar-refractivity contribution in [3.05, 3.63) is 65.9 Å². The zero-order valence-corrected chi connectivity index (χ0v) is 16.8.